The molecule has 0 unspecified atom stereocenters. The van der Waals surface area contributed by atoms with Gasteiger partial charge in [0.25, 0.3) is 0 Å². The monoisotopic (exact) mass is 228 g/mol. The number of fused-ring (bicyclic) bond motifs is 1. The Morgan fingerprint density at radius 2 is 1.94 bits per heavy atom. The van der Waals surface area contributed by atoms with E-state index in [9.17, 15) is 0 Å². The van der Waals surface area contributed by atoms with Gasteiger partial charge in [-0.3, -0.25) is 0 Å². The lowest BCUT2D eigenvalue weighted by Crippen LogP contribution is -2.02. The minimum atomic E-state index is 0.567. The molecule has 2 N–H and O–H groups in total. The van der Waals surface area contributed by atoms with E-state index in [-0.39, 0.29) is 0 Å². The number of rotatable bonds is 5. The van der Waals surface area contributed by atoms with Gasteiger partial charge in [0.15, 0.2) is 0 Å². The zero-order valence-corrected chi connectivity index (χ0v) is 9.67. The molecule has 0 heterocycles. The van der Waals surface area contributed by atoms with Gasteiger partial charge in [-0.1, -0.05) is 47.6 Å². The lowest BCUT2D eigenvalue weighted by Gasteiger charge is -2.01. The number of oxime groups is 1. The third-order valence-electron chi connectivity index (χ3n) is 2.53. The van der Waals surface area contributed by atoms with Gasteiger partial charge in [-0.15, -0.1) is 0 Å². The van der Waals surface area contributed by atoms with Crippen LogP contribution in [-0.2, 0) is 4.84 Å². The van der Waals surface area contributed by atoms with E-state index >= 15 is 0 Å². The van der Waals surface area contributed by atoms with Crippen molar-refractivity contribution in [1.29, 1.82) is 0 Å². The van der Waals surface area contributed by atoms with Gasteiger partial charge >= 0.3 is 0 Å². The minimum Gasteiger partial charge on any atom is -0.396 e. The molecule has 0 fully saturated rings. The molecule has 0 aliphatic rings. The van der Waals surface area contributed by atoms with Crippen molar-refractivity contribution in [3.63, 3.8) is 0 Å². The van der Waals surface area contributed by atoms with Crippen molar-refractivity contribution in [1.82, 2.24) is 0 Å². The zero-order valence-electron chi connectivity index (χ0n) is 9.67. The Balaban J connectivity index is 2.13. The summed E-state index contributed by atoms with van der Waals surface area (Å²) in [4.78, 5) is 5.12. The largest absolute Gasteiger partial charge is 0.396 e. The molecular weight excluding hydrogens is 212 g/mol. The summed E-state index contributed by atoms with van der Waals surface area (Å²) < 4.78 is 0. The molecule has 0 aliphatic heterocycles. The van der Waals surface area contributed by atoms with E-state index in [4.69, 9.17) is 10.6 Å². The van der Waals surface area contributed by atoms with Crippen molar-refractivity contribution < 1.29 is 4.84 Å². The first-order chi connectivity index (χ1) is 8.42. The summed E-state index contributed by atoms with van der Waals surface area (Å²) in [6.07, 6.45) is 2.58. The summed E-state index contributed by atoms with van der Waals surface area (Å²) in [5, 5.41) is 6.34. The molecule has 0 spiro atoms. The zero-order chi connectivity index (χ0) is 11.9. The Kier molecular flexibility index (Phi) is 4.11. The summed E-state index contributed by atoms with van der Waals surface area (Å²) in [5.41, 5.74) is 6.43. The van der Waals surface area contributed by atoms with E-state index < -0.39 is 0 Å². The van der Waals surface area contributed by atoms with E-state index in [2.05, 4.69) is 23.4 Å². The number of nitrogens with two attached hydrogens (primary N) is 1. The summed E-state index contributed by atoms with van der Waals surface area (Å²) in [7, 11) is 0. The van der Waals surface area contributed by atoms with Gasteiger partial charge < -0.3 is 10.6 Å². The summed E-state index contributed by atoms with van der Waals surface area (Å²) >= 11 is 0. The third kappa shape index (κ3) is 3.04. The molecule has 0 aromatic heterocycles. The van der Waals surface area contributed by atoms with Gasteiger partial charge in [-0.2, -0.15) is 0 Å². The first-order valence-electron chi connectivity index (χ1n) is 5.75. The van der Waals surface area contributed by atoms with Crippen LogP contribution in [0.4, 0.5) is 0 Å². The summed E-state index contributed by atoms with van der Waals surface area (Å²) in [6.45, 7) is 1.20. The number of hydrogen-bond acceptors (Lipinski definition) is 3. The first-order valence-corrected chi connectivity index (χ1v) is 5.75. The SMILES string of the molecule is NCCCON=Cc1cccc2ccccc12. The molecule has 2 aromatic carbocycles. The van der Waals surface area contributed by atoms with Crippen LogP contribution >= 0.6 is 0 Å². The highest BCUT2D eigenvalue weighted by Gasteiger charge is 1.96. The van der Waals surface area contributed by atoms with Gasteiger partial charge in [-0.25, -0.2) is 0 Å². The van der Waals surface area contributed by atoms with Gasteiger partial charge in [0, 0.05) is 5.56 Å². The number of benzene rings is 2. The summed E-state index contributed by atoms with van der Waals surface area (Å²) in [5.74, 6) is 0. The minimum absolute atomic E-state index is 0.567. The highest BCUT2D eigenvalue weighted by Crippen LogP contribution is 2.16. The maximum absolute atomic E-state index is 5.36. The first kappa shape index (κ1) is 11.6. The quantitative estimate of drug-likeness (QED) is 0.485. The maximum Gasteiger partial charge on any atom is 0.118 e. The van der Waals surface area contributed by atoms with Crippen LogP contribution in [0.25, 0.3) is 10.8 Å². The Hall–Kier alpha value is -1.87. The summed E-state index contributed by atoms with van der Waals surface area (Å²) in [6, 6.07) is 14.3. The molecule has 0 saturated carbocycles. The lowest BCUT2D eigenvalue weighted by molar-refractivity contribution is 0.145. The van der Waals surface area contributed by atoms with E-state index in [0.717, 1.165) is 12.0 Å². The topological polar surface area (TPSA) is 47.6 Å². The fourth-order valence-corrected chi connectivity index (χ4v) is 1.66. The van der Waals surface area contributed by atoms with Gasteiger partial charge in [0.2, 0.25) is 0 Å². The van der Waals surface area contributed by atoms with E-state index in [0.29, 0.717) is 13.2 Å². The van der Waals surface area contributed by atoms with E-state index in [1.807, 2.05) is 24.3 Å². The van der Waals surface area contributed by atoms with E-state index in [1.54, 1.807) is 6.21 Å². The van der Waals surface area contributed by atoms with Crippen molar-refractivity contribution in [3.05, 3.63) is 48.0 Å². The average Bonchev–Trinajstić information content (AvgIpc) is 2.39. The molecule has 2 aromatic rings. The smallest absolute Gasteiger partial charge is 0.118 e. The lowest BCUT2D eigenvalue weighted by atomic mass is 10.1. The fourth-order valence-electron chi connectivity index (χ4n) is 1.66. The molecule has 0 amide bonds. The van der Waals surface area contributed by atoms with Crippen LogP contribution in [0.2, 0.25) is 0 Å². The van der Waals surface area contributed by atoms with Crippen molar-refractivity contribution in [2.45, 2.75) is 6.42 Å². The second kappa shape index (κ2) is 6.01. The molecule has 0 aliphatic carbocycles. The average molecular weight is 228 g/mol. The number of hydrogen-bond donors (Lipinski definition) is 1. The molecule has 3 nitrogen and oxygen atoms in total. The predicted molar refractivity (Wildman–Crippen MR) is 71.2 cm³/mol. The van der Waals surface area contributed by atoms with Crippen molar-refractivity contribution >= 4 is 17.0 Å². The molecular formula is C14H16N2O. The predicted octanol–water partition coefficient (Wildman–Crippen LogP) is 2.54. The van der Waals surface area contributed by atoms with Crippen LogP contribution < -0.4 is 5.73 Å². The van der Waals surface area contributed by atoms with Crippen LogP contribution in [0.3, 0.4) is 0 Å². The molecule has 3 heteroatoms. The van der Waals surface area contributed by atoms with Gasteiger partial charge in [0.1, 0.15) is 6.61 Å². The standard InChI is InChI=1S/C14H16N2O/c15-9-4-10-17-16-11-13-7-3-6-12-5-1-2-8-14(12)13/h1-3,5-8,11H,4,9-10,15H2. The Morgan fingerprint density at radius 3 is 2.82 bits per heavy atom. The molecule has 0 atom stereocenters. The highest BCUT2D eigenvalue weighted by atomic mass is 16.6. The van der Waals surface area contributed by atoms with Crippen LogP contribution in [-0.4, -0.2) is 19.4 Å². The third-order valence-corrected chi connectivity index (χ3v) is 2.53. The Morgan fingerprint density at radius 1 is 1.12 bits per heavy atom. The molecule has 88 valence electrons. The normalized spacial score (nSPS) is 11.1. The van der Waals surface area contributed by atoms with Crippen LogP contribution in [0.15, 0.2) is 47.6 Å². The van der Waals surface area contributed by atoms with Crippen molar-refractivity contribution in [2.75, 3.05) is 13.2 Å². The van der Waals surface area contributed by atoms with Gasteiger partial charge in [0.05, 0.1) is 6.21 Å². The van der Waals surface area contributed by atoms with Crippen molar-refractivity contribution in [3.8, 4) is 0 Å². The van der Waals surface area contributed by atoms with E-state index in [1.165, 1.54) is 10.8 Å². The maximum atomic E-state index is 5.36. The molecule has 0 bridgehead atoms. The van der Waals surface area contributed by atoms with Crippen molar-refractivity contribution in [2.24, 2.45) is 10.9 Å². The van der Waals surface area contributed by atoms with Crippen LogP contribution in [0.1, 0.15) is 12.0 Å². The highest BCUT2D eigenvalue weighted by molar-refractivity contribution is 5.99. The molecule has 0 radical (unpaired) electrons. The fraction of sp³-hybridized carbons (Fsp3) is 0.214. The number of nitrogens with zero attached hydrogens (tertiary/aromatic N) is 1. The molecule has 2 rings (SSSR count). The molecule has 0 saturated heterocycles. The van der Waals surface area contributed by atoms with Crippen LogP contribution in [0, 0.1) is 0 Å². The second-order valence-electron chi connectivity index (χ2n) is 3.78. The molecule has 17 heavy (non-hydrogen) atoms. The van der Waals surface area contributed by atoms with Gasteiger partial charge in [-0.05, 0) is 23.7 Å². The van der Waals surface area contributed by atoms with Crippen LogP contribution in [0.5, 0.6) is 0 Å². The second-order valence-corrected chi connectivity index (χ2v) is 3.78. The Bertz CT molecular complexity index is 503. The Labute approximate surface area is 101 Å².